The van der Waals surface area contributed by atoms with Crippen LogP contribution in [0.5, 0.6) is 0 Å². The van der Waals surface area contributed by atoms with E-state index < -0.39 is 10.0 Å². The Morgan fingerprint density at radius 2 is 2.00 bits per heavy atom. The molecule has 0 aliphatic carbocycles. The molecule has 1 aromatic carbocycles. The molecule has 0 aromatic heterocycles. The standard InChI is InChI=1S/C16H22N2O4S/c19-16-4-1-11-18(16)13-5-7-15(8-6-13)23(20,21)17-10-9-14-3-2-12-22-14/h5-8,14,17H,1-4,9-12H2/t14-/m0/s1. The summed E-state index contributed by atoms with van der Waals surface area (Å²) in [6, 6.07) is 6.49. The summed E-state index contributed by atoms with van der Waals surface area (Å²) in [5.74, 6) is 0.0929. The van der Waals surface area contributed by atoms with Gasteiger partial charge in [0.05, 0.1) is 11.0 Å². The van der Waals surface area contributed by atoms with Crippen molar-refractivity contribution >= 4 is 21.6 Å². The van der Waals surface area contributed by atoms with Gasteiger partial charge < -0.3 is 9.64 Å². The van der Waals surface area contributed by atoms with Gasteiger partial charge in [0.25, 0.3) is 0 Å². The van der Waals surface area contributed by atoms with Gasteiger partial charge in [-0.05, 0) is 49.9 Å². The molecule has 0 unspecified atom stereocenters. The lowest BCUT2D eigenvalue weighted by atomic mass is 10.2. The highest BCUT2D eigenvalue weighted by atomic mass is 32.2. The van der Waals surface area contributed by atoms with Crippen molar-refractivity contribution in [3.05, 3.63) is 24.3 Å². The number of rotatable bonds is 6. The van der Waals surface area contributed by atoms with Crippen LogP contribution >= 0.6 is 0 Å². The first-order valence-electron chi connectivity index (χ1n) is 8.08. The van der Waals surface area contributed by atoms with Crippen LogP contribution in [0.1, 0.15) is 32.1 Å². The zero-order chi connectivity index (χ0) is 16.3. The van der Waals surface area contributed by atoms with Crippen LogP contribution in [0.3, 0.4) is 0 Å². The lowest BCUT2D eigenvalue weighted by Gasteiger charge is -2.16. The van der Waals surface area contributed by atoms with Crippen molar-refractivity contribution in [2.75, 3.05) is 24.6 Å². The topological polar surface area (TPSA) is 75.7 Å². The van der Waals surface area contributed by atoms with Gasteiger partial charge in [-0.15, -0.1) is 0 Å². The zero-order valence-electron chi connectivity index (χ0n) is 13.0. The molecule has 7 heteroatoms. The minimum absolute atomic E-state index is 0.0929. The summed E-state index contributed by atoms with van der Waals surface area (Å²) in [5.41, 5.74) is 0.755. The number of benzene rings is 1. The van der Waals surface area contributed by atoms with E-state index in [4.69, 9.17) is 4.74 Å². The van der Waals surface area contributed by atoms with E-state index in [0.717, 1.165) is 31.6 Å². The van der Waals surface area contributed by atoms with Crippen molar-refractivity contribution in [1.29, 1.82) is 0 Å². The molecular weight excluding hydrogens is 316 g/mol. The van der Waals surface area contributed by atoms with Gasteiger partial charge in [-0.1, -0.05) is 0 Å². The number of hydrogen-bond donors (Lipinski definition) is 1. The summed E-state index contributed by atoms with van der Waals surface area (Å²) in [6.07, 6.45) is 4.32. The van der Waals surface area contributed by atoms with Crippen LogP contribution < -0.4 is 9.62 Å². The Morgan fingerprint density at radius 3 is 2.61 bits per heavy atom. The Bertz CT molecular complexity index is 651. The van der Waals surface area contributed by atoms with Gasteiger partial charge in [-0.3, -0.25) is 4.79 Å². The minimum atomic E-state index is -3.51. The number of nitrogens with one attached hydrogen (secondary N) is 1. The van der Waals surface area contributed by atoms with Gasteiger partial charge in [0.2, 0.25) is 15.9 Å². The molecule has 2 saturated heterocycles. The minimum Gasteiger partial charge on any atom is -0.378 e. The van der Waals surface area contributed by atoms with Crippen LogP contribution in [0.4, 0.5) is 5.69 Å². The second kappa shape index (κ2) is 6.98. The maximum Gasteiger partial charge on any atom is 0.240 e. The molecule has 2 aliphatic rings. The van der Waals surface area contributed by atoms with Crippen molar-refractivity contribution < 1.29 is 17.9 Å². The van der Waals surface area contributed by atoms with E-state index >= 15 is 0 Å². The lowest BCUT2D eigenvalue weighted by Crippen LogP contribution is -2.27. The van der Waals surface area contributed by atoms with E-state index in [0.29, 0.717) is 25.9 Å². The fraction of sp³-hybridized carbons (Fsp3) is 0.562. The average molecular weight is 338 g/mol. The number of amides is 1. The van der Waals surface area contributed by atoms with Crippen molar-refractivity contribution in [3.8, 4) is 0 Å². The van der Waals surface area contributed by atoms with Crippen LogP contribution in [0.15, 0.2) is 29.2 Å². The summed E-state index contributed by atoms with van der Waals surface area (Å²) in [4.78, 5) is 13.6. The molecule has 3 rings (SSSR count). The van der Waals surface area contributed by atoms with Crippen molar-refractivity contribution in [2.24, 2.45) is 0 Å². The number of anilines is 1. The number of hydrogen-bond acceptors (Lipinski definition) is 4. The molecule has 0 bridgehead atoms. The third-order valence-corrected chi connectivity index (χ3v) is 5.79. The quantitative estimate of drug-likeness (QED) is 0.856. The summed E-state index contributed by atoms with van der Waals surface area (Å²) in [5, 5.41) is 0. The lowest BCUT2D eigenvalue weighted by molar-refractivity contribution is -0.117. The van der Waals surface area contributed by atoms with Crippen LogP contribution in [-0.2, 0) is 19.6 Å². The summed E-state index contributed by atoms with van der Waals surface area (Å²) >= 11 is 0. The number of ether oxygens (including phenoxy) is 1. The highest BCUT2D eigenvalue weighted by molar-refractivity contribution is 7.89. The molecule has 1 aromatic rings. The molecule has 1 atom stereocenters. The highest BCUT2D eigenvalue weighted by Crippen LogP contribution is 2.23. The monoisotopic (exact) mass is 338 g/mol. The highest BCUT2D eigenvalue weighted by Gasteiger charge is 2.22. The zero-order valence-corrected chi connectivity index (χ0v) is 13.8. The van der Waals surface area contributed by atoms with Crippen LogP contribution in [0.2, 0.25) is 0 Å². The fourth-order valence-corrected chi connectivity index (χ4v) is 4.08. The third-order valence-electron chi connectivity index (χ3n) is 4.31. The fourth-order valence-electron chi connectivity index (χ4n) is 3.04. The molecule has 0 radical (unpaired) electrons. The summed E-state index contributed by atoms with van der Waals surface area (Å²) in [7, 11) is -3.51. The first-order chi connectivity index (χ1) is 11.1. The van der Waals surface area contributed by atoms with Crippen LogP contribution in [0.25, 0.3) is 0 Å². The first-order valence-corrected chi connectivity index (χ1v) is 9.56. The maximum absolute atomic E-state index is 12.3. The van der Waals surface area contributed by atoms with E-state index in [1.54, 1.807) is 29.2 Å². The molecule has 23 heavy (non-hydrogen) atoms. The van der Waals surface area contributed by atoms with Gasteiger partial charge >= 0.3 is 0 Å². The van der Waals surface area contributed by atoms with Crippen molar-refractivity contribution in [1.82, 2.24) is 4.72 Å². The number of carbonyl (C=O) groups excluding carboxylic acids is 1. The largest absolute Gasteiger partial charge is 0.378 e. The van der Waals surface area contributed by atoms with E-state index in [9.17, 15) is 13.2 Å². The smallest absolute Gasteiger partial charge is 0.240 e. The average Bonchev–Trinajstić information content (AvgIpc) is 3.19. The third kappa shape index (κ3) is 3.91. The molecule has 2 heterocycles. The molecule has 0 spiro atoms. The van der Waals surface area contributed by atoms with Gasteiger partial charge in [0.15, 0.2) is 0 Å². The Morgan fingerprint density at radius 1 is 1.22 bits per heavy atom. The van der Waals surface area contributed by atoms with Crippen LogP contribution in [-0.4, -0.2) is 40.1 Å². The van der Waals surface area contributed by atoms with Gasteiger partial charge in [0.1, 0.15) is 0 Å². The van der Waals surface area contributed by atoms with E-state index in [-0.39, 0.29) is 16.9 Å². The Labute approximate surface area is 136 Å². The maximum atomic E-state index is 12.3. The number of sulfonamides is 1. The van der Waals surface area contributed by atoms with Crippen molar-refractivity contribution in [3.63, 3.8) is 0 Å². The summed E-state index contributed by atoms with van der Waals surface area (Å²) < 4.78 is 32.6. The Balaban J connectivity index is 1.59. The number of nitrogens with zero attached hydrogens (tertiary/aromatic N) is 1. The molecule has 2 fully saturated rings. The Kier molecular flexibility index (Phi) is 4.99. The Hall–Kier alpha value is -1.44. The first kappa shape index (κ1) is 16.4. The van der Waals surface area contributed by atoms with E-state index in [1.165, 1.54) is 0 Å². The normalized spacial score (nSPS) is 22.0. The van der Waals surface area contributed by atoms with E-state index in [1.807, 2.05) is 0 Å². The molecule has 1 N–H and O–H groups in total. The summed E-state index contributed by atoms with van der Waals surface area (Å²) in [6.45, 7) is 1.85. The molecule has 2 aliphatic heterocycles. The predicted octanol–water partition coefficient (Wildman–Crippen LogP) is 1.66. The van der Waals surface area contributed by atoms with Gasteiger partial charge in [0, 0.05) is 31.8 Å². The molecular formula is C16H22N2O4S. The number of carbonyl (C=O) groups is 1. The van der Waals surface area contributed by atoms with Gasteiger partial charge in [-0.25, -0.2) is 13.1 Å². The SMILES string of the molecule is O=C1CCCN1c1ccc(S(=O)(=O)NCC[C@@H]2CCCO2)cc1. The molecule has 6 nitrogen and oxygen atoms in total. The van der Waals surface area contributed by atoms with Crippen molar-refractivity contribution in [2.45, 2.75) is 43.1 Å². The predicted molar refractivity (Wildman–Crippen MR) is 86.8 cm³/mol. The molecule has 0 saturated carbocycles. The van der Waals surface area contributed by atoms with Gasteiger partial charge in [-0.2, -0.15) is 0 Å². The second-order valence-electron chi connectivity index (χ2n) is 5.96. The van der Waals surface area contributed by atoms with E-state index in [2.05, 4.69) is 4.72 Å². The second-order valence-corrected chi connectivity index (χ2v) is 7.73. The molecule has 1 amide bonds. The van der Waals surface area contributed by atoms with Crippen LogP contribution in [0, 0.1) is 0 Å². The molecule has 126 valence electrons.